The molecule has 3 nitrogen and oxygen atoms in total. The van der Waals surface area contributed by atoms with Gasteiger partial charge in [0.15, 0.2) is 0 Å². The summed E-state index contributed by atoms with van der Waals surface area (Å²) in [5.74, 6) is 4.94. The summed E-state index contributed by atoms with van der Waals surface area (Å²) in [5, 5.41) is 0. The van der Waals surface area contributed by atoms with Crippen LogP contribution in [-0.4, -0.2) is 46.4 Å². The molecule has 0 amide bonds. The fourth-order valence-corrected chi connectivity index (χ4v) is 11.4. The van der Waals surface area contributed by atoms with E-state index in [2.05, 4.69) is 282 Å². The molecule has 1 atom stereocenters. The maximum atomic E-state index is 12.3. The van der Waals surface area contributed by atoms with E-state index >= 15 is 0 Å². The molecule has 2 aromatic heterocycles. The number of rotatable bonds is 10. The molecule has 4 aliphatic rings. The first-order valence-electron chi connectivity index (χ1n) is 37.5. The number of benzene rings is 4. The van der Waals surface area contributed by atoms with Gasteiger partial charge in [-0.25, -0.2) is 0 Å². The van der Waals surface area contributed by atoms with Crippen molar-refractivity contribution in [2.45, 2.75) is 311 Å². The molecule has 3 fully saturated rings. The highest BCUT2D eigenvalue weighted by Gasteiger charge is 2.42. The van der Waals surface area contributed by atoms with Gasteiger partial charge in [0.25, 0.3) is 0 Å². The summed E-state index contributed by atoms with van der Waals surface area (Å²) in [6, 6.07) is 44.4. The van der Waals surface area contributed by atoms with Gasteiger partial charge < -0.3 is 4.90 Å². The van der Waals surface area contributed by atoms with Crippen molar-refractivity contribution in [3.05, 3.63) is 212 Å². The van der Waals surface area contributed by atoms with E-state index in [4.69, 9.17) is 0 Å². The fourth-order valence-electron chi connectivity index (χ4n) is 11.4. The topological polar surface area (TPSA) is 29.0 Å². The zero-order valence-corrected chi connectivity index (χ0v) is 65.7. The molecule has 4 aromatic carbocycles. The van der Waals surface area contributed by atoms with Crippen LogP contribution in [0.15, 0.2) is 145 Å². The lowest BCUT2D eigenvalue weighted by atomic mass is 9.77. The number of alkyl halides is 6. The van der Waals surface area contributed by atoms with Crippen molar-refractivity contribution in [2.75, 3.05) is 13.1 Å². The SMILES string of the molecule is C.C.CC(C)C1=CCC(C(F)(F)F)CC1.CC(C)C1CCC(C(F)(F)F)CC1.CC(C)c1ccc(C2CC2)cc1.CC1CCN(C(C)C)CC1.Cc1ccc(C(C)C)cc1.Cc1ccc(C(C)C)cc1.Cc1ccc(C(C)C)cc1.Cc1ccc(C(C)C)cn1.Cc1ccc(C(C)C)nc1. The summed E-state index contributed by atoms with van der Waals surface area (Å²) in [6.45, 7) is 54.6. The summed E-state index contributed by atoms with van der Waals surface area (Å²) in [5.41, 5.74) is 17.3. The normalized spacial score (nSPS) is 16.9. The lowest BCUT2D eigenvalue weighted by Crippen LogP contribution is -2.37. The molecular weight excluding hydrogens is 1250 g/mol. The molecule has 1 aliphatic heterocycles. The molecule has 3 aliphatic carbocycles. The van der Waals surface area contributed by atoms with E-state index in [9.17, 15) is 26.3 Å². The predicted octanol–water partition coefficient (Wildman–Crippen LogP) is 29.4. The Morgan fingerprint density at radius 1 is 0.380 bits per heavy atom. The number of nitrogens with zero attached hydrogens (tertiary/aromatic N) is 3. The van der Waals surface area contributed by atoms with Crippen LogP contribution in [-0.2, 0) is 0 Å². The second kappa shape index (κ2) is 48.4. The molecule has 564 valence electrons. The van der Waals surface area contributed by atoms with Crippen molar-refractivity contribution in [1.82, 2.24) is 14.9 Å². The Morgan fingerprint density at radius 3 is 1.04 bits per heavy atom. The van der Waals surface area contributed by atoms with Gasteiger partial charge in [0.2, 0.25) is 0 Å². The van der Waals surface area contributed by atoms with Crippen LogP contribution in [0.25, 0.3) is 0 Å². The molecule has 1 saturated heterocycles. The standard InChI is InChI=1S/C12H16.C10H17F3.C10H15F3.3C10H14.C9H19N.2C9H13N.2CH4/c1-9(2)10-3-5-11(6-4-10)12-7-8-12;2*1-7(2)8-3-5-9(6-4-8)10(11,12)13;4*1-8(2)10-6-4-9(3)5-7-10;1-7(2)9-5-4-8(3)10-6-9;1-7(2)9-5-4-8(3)6-10-9;;/h3-6,9,12H,7-8H2,1-2H3;7-9H,3-6H2,1-2H3;3,7,9H,4-6H2,1-2H3;3*4-8H,1-3H3;8-9H,4-7H2,1-3H3;2*4-7H,1-3H3;2*1H4. The van der Waals surface area contributed by atoms with Gasteiger partial charge in [0.05, 0.1) is 11.8 Å². The zero-order chi connectivity index (χ0) is 74.0. The third-order valence-electron chi connectivity index (χ3n) is 19.4. The average molecular weight is 1390 g/mol. The van der Waals surface area contributed by atoms with Gasteiger partial charge in [-0.2, -0.15) is 26.3 Å². The van der Waals surface area contributed by atoms with Gasteiger partial charge in [0, 0.05) is 29.8 Å². The van der Waals surface area contributed by atoms with Crippen LogP contribution < -0.4 is 0 Å². The minimum Gasteiger partial charge on any atom is -0.301 e. The highest BCUT2D eigenvalue weighted by Crippen LogP contribution is 2.42. The van der Waals surface area contributed by atoms with Crippen LogP contribution in [0.4, 0.5) is 26.3 Å². The van der Waals surface area contributed by atoms with E-state index in [1.807, 2.05) is 33.2 Å². The lowest BCUT2D eigenvalue weighted by molar-refractivity contribution is -0.184. The van der Waals surface area contributed by atoms with Crippen LogP contribution in [0.3, 0.4) is 0 Å². The number of piperidine rings is 1. The number of pyridine rings is 2. The van der Waals surface area contributed by atoms with E-state index < -0.39 is 24.2 Å². The Morgan fingerprint density at radius 2 is 0.760 bits per heavy atom. The van der Waals surface area contributed by atoms with E-state index in [1.165, 1.54) is 100 Å². The number of aryl methyl sites for hydroxylation is 5. The summed E-state index contributed by atoms with van der Waals surface area (Å²) < 4.78 is 73.5. The first-order valence-corrected chi connectivity index (χ1v) is 37.5. The molecule has 1 unspecified atom stereocenters. The number of likely N-dealkylation sites (tertiary alicyclic amines) is 1. The molecule has 6 aromatic rings. The van der Waals surface area contributed by atoms with Gasteiger partial charge in [-0.15, -0.1) is 0 Å². The maximum Gasteiger partial charge on any atom is 0.392 e. The minimum absolute atomic E-state index is 0. The van der Waals surface area contributed by atoms with Gasteiger partial charge in [0.1, 0.15) is 0 Å². The summed E-state index contributed by atoms with van der Waals surface area (Å²) >= 11 is 0. The van der Waals surface area contributed by atoms with E-state index in [-0.39, 0.29) is 27.7 Å². The van der Waals surface area contributed by atoms with Crippen LogP contribution in [0.2, 0.25) is 0 Å². The first-order chi connectivity index (χ1) is 45.8. The lowest BCUT2D eigenvalue weighted by Gasteiger charge is -2.33. The Labute approximate surface area is 610 Å². The van der Waals surface area contributed by atoms with Crippen molar-refractivity contribution >= 4 is 0 Å². The second-order valence-electron chi connectivity index (χ2n) is 31.3. The summed E-state index contributed by atoms with van der Waals surface area (Å²) in [6.07, 6.45) is 6.52. The smallest absolute Gasteiger partial charge is 0.301 e. The van der Waals surface area contributed by atoms with Gasteiger partial charge in [-0.1, -0.05) is 270 Å². The number of hydrogen-bond donors (Lipinski definition) is 0. The Kier molecular flexibility index (Phi) is 45.7. The Balaban J connectivity index is 0.00000110. The molecule has 9 heteroatoms. The van der Waals surface area contributed by atoms with Crippen LogP contribution in [0, 0.1) is 70.1 Å². The Bertz CT molecular complexity index is 2690. The Hall–Kier alpha value is -5.54. The number of aromatic nitrogens is 2. The highest BCUT2D eigenvalue weighted by atomic mass is 19.4. The number of halogens is 6. The van der Waals surface area contributed by atoms with Crippen LogP contribution in [0.1, 0.15) is 325 Å². The third kappa shape index (κ3) is 39.8. The van der Waals surface area contributed by atoms with Gasteiger partial charge >= 0.3 is 12.4 Å². The van der Waals surface area contributed by atoms with Crippen LogP contribution in [0.5, 0.6) is 0 Å². The van der Waals surface area contributed by atoms with Gasteiger partial charge in [-0.3, -0.25) is 9.97 Å². The molecule has 0 bridgehead atoms. The quantitative estimate of drug-likeness (QED) is 0.101. The predicted molar refractivity (Wildman–Crippen MR) is 426 cm³/mol. The van der Waals surface area contributed by atoms with Crippen molar-refractivity contribution < 1.29 is 26.3 Å². The molecule has 10 rings (SSSR count). The zero-order valence-electron chi connectivity index (χ0n) is 65.7. The highest BCUT2D eigenvalue weighted by molar-refractivity contribution is 5.30. The molecule has 100 heavy (non-hydrogen) atoms. The van der Waals surface area contributed by atoms with E-state index in [0.717, 1.165) is 36.4 Å². The third-order valence-corrected chi connectivity index (χ3v) is 19.4. The molecule has 2 saturated carbocycles. The first kappa shape index (κ1) is 94.5. The van der Waals surface area contributed by atoms with Crippen molar-refractivity contribution in [3.63, 3.8) is 0 Å². The molecular formula is C91H143F6N3. The maximum absolute atomic E-state index is 12.3. The van der Waals surface area contributed by atoms with Crippen molar-refractivity contribution in [1.29, 1.82) is 0 Å². The second-order valence-corrected chi connectivity index (χ2v) is 31.3. The summed E-state index contributed by atoms with van der Waals surface area (Å²) in [7, 11) is 0. The largest absolute Gasteiger partial charge is 0.392 e. The molecule has 0 radical (unpaired) electrons. The number of allylic oxidation sites excluding steroid dienone is 2. The average Bonchev–Trinajstić information content (AvgIpc) is 1.68. The monoisotopic (exact) mass is 1390 g/mol. The molecule has 0 N–H and O–H groups in total. The fraction of sp³-hybridized carbons (Fsp3) is 0.604. The number of hydrogen-bond acceptors (Lipinski definition) is 3. The summed E-state index contributed by atoms with van der Waals surface area (Å²) in [4.78, 5) is 11.0. The van der Waals surface area contributed by atoms with E-state index in [0.29, 0.717) is 72.5 Å². The minimum atomic E-state index is -4.00. The van der Waals surface area contributed by atoms with Crippen molar-refractivity contribution in [2.24, 2.45) is 35.5 Å². The van der Waals surface area contributed by atoms with Gasteiger partial charge in [-0.05, 0) is 248 Å². The molecule has 3 heterocycles. The van der Waals surface area contributed by atoms with E-state index in [1.54, 1.807) is 11.6 Å². The molecule has 0 spiro atoms. The van der Waals surface area contributed by atoms with Crippen molar-refractivity contribution in [3.8, 4) is 0 Å². The van der Waals surface area contributed by atoms with Crippen LogP contribution >= 0.6 is 0 Å².